The van der Waals surface area contributed by atoms with Crippen molar-refractivity contribution in [2.75, 3.05) is 46.6 Å². The van der Waals surface area contributed by atoms with Crippen molar-refractivity contribution >= 4 is 0 Å². The van der Waals surface area contributed by atoms with Crippen molar-refractivity contribution < 1.29 is 14.6 Å². The van der Waals surface area contributed by atoms with Gasteiger partial charge in [-0.25, -0.2) is 0 Å². The fraction of sp³-hybridized carbons (Fsp3) is 0.632. The SMILES string of the molecule is C[C@@H]([C@H](CCCOCCOCCO)c1ccccc1)N(C)CC#N. The molecular weight excluding hydrogens is 304 g/mol. The second-order valence-electron chi connectivity index (χ2n) is 5.92. The highest BCUT2D eigenvalue weighted by atomic mass is 16.5. The van der Waals surface area contributed by atoms with E-state index in [4.69, 9.17) is 19.8 Å². The standard InChI is InChI=1S/C19H30N2O3/c1-17(21(2)11-10-20)19(18-7-4-3-5-8-18)9-6-13-23-15-16-24-14-12-22/h3-5,7-8,17,19,22H,6,9,11-16H2,1-2H3/t17-,19-/m0/s1. The van der Waals surface area contributed by atoms with Crippen molar-refractivity contribution in [2.45, 2.75) is 31.7 Å². The van der Waals surface area contributed by atoms with Crippen LogP contribution in [-0.4, -0.2) is 62.7 Å². The third kappa shape index (κ3) is 7.89. The van der Waals surface area contributed by atoms with Gasteiger partial charge in [0.1, 0.15) is 0 Å². The Balaban J connectivity index is 2.44. The number of rotatable bonds is 13. The molecule has 2 atom stereocenters. The van der Waals surface area contributed by atoms with Crippen LogP contribution in [0.5, 0.6) is 0 Å². The van der Waals surface area contributed by atoms with Crippen LogP contribution in [0.3, 0.4) is 0 Å². The summed E-state index contributed by atoms with van der Waals surface area (Å²) in [6.45, 7) is 4.79. The lowest BCUT2D eigenvalue weighted by Gasteiger charge is -2.31. The molecule has 0 unspecified atom stereocenters. The first-order chi connectivity index (χ1) is 11.7. The second-order valence-corrected chi connectivity index (χ2v) is 5.92. The molecule has 0 aliphatic carbocycles. The minimum Gasteiger partial charge on any atom is -0.394 e. The van der Waals surface area contributed by atoms with E-state index in [0.717, 1.165) is 12.8 Å². The summed E-state index contributed by atoms with van der Waals surface area (Å²) in [6, 6.07) is 13.0. The first kappa shape index (κ1) is 20.6. The highest BCUT2D eigenvalue weighted by molar-refractivity contribution is 5.21. The average molecular weight is 334 g/mol. The van der Waals surface area contributed by atoms with Gasteiger partial charge in [0.15, 0.2) is 0 Å². The minimum atomic E-state index is 0.0485. The summed E-state index contributed by atoms with van der Waals surface area (Å²) in [6.07, 6.45) is 1.97. The van der Waals surface area contributed by atoms with Crippen LogP contribution < -0.4 is 0 Å². The fourth-order valence-corrected chi connectivity index (χ4v) is 2.74. The van der Waals surface area contributed by atoms with Crippen LogP contribution in [0, 0.1) is 11.3 Å². The quantitative estimate of drug-likeness (QED) is 0.443. The van der Waals surface area contributed by atoms with Gasteiger partial charge in [-0.2, -0.15) is 5.26 Å². The molecule has 0 aromatic heterocycles. The molecule has 0 saturated carbocycles. The predicted molar refractivity (Wildman–Crippen MR) is 94.8 cm³/mol. The molecule has 1 N–H and O–H groups in total. The number of aliphatic hydroxyl groups excluding tert-OH is 1. The molecule has 134 valence electrons. The zero-order valence-electron chi connectivity index (χ0n) is 14.9. The molecular formula is C19H30N2O3. The Morgan fingerprint density at radius 2 is 1.79 bits per heavy atom. The Bertz CT molecular complexity index is 461. The number of hydrogen-bond acceptors (Lipinski definition) is 5. The molecule has 0 bridgehead atoms. The number of hydrogen-bond donors (Lipinski definition) is 1. The monoisotopic (exact) mass is 334 g/mol. The maximum absolute atomic E-state index is 8.93. The van der Waals surface area contributed by atoms with E-state index in [-0.39, 0.29) is 6.61 Å². The largest absolute Gasteiger partial charge is 0.394 e. The summed E-state index contributed by atoms with van der Waals surface area (Å²) in [4.78, 5) is 2.10. The zero-order chi connectivity index (χ0) is 17.6. The smallest absolute Gasteiger partial charge is 0.0866 e. The first-order valence-corrected chi connectivity index (χ1v) is 8.59. The van der Waals surface area contributed by atoms with Gasteiger partial charge >= 0.3 is 0 Å². The number of benzene rings is 1. The molecule has 0 heterocycles. The van der Waals surface area contributed by atoms with E-state index in [2.05, 4.69) is 42.2 Å². The van der Waals surface area contributed by atoms with Crippen molar-refractivity contribution in [3.05, 3.63) is 35.9 Å². The minimum absolute atomic E-state index is 0.0485. The molecule has 5 heteroatoms. The molecule has 1 aromatic carbocycles. The van der Waals surface area contributed by atoms with E-state index in [0.29, 0.717) is 44.9 Å². The summed E-state index contributed by atoms with van der Waals surface area (Å²) < 4.78 is 10.7. The van der Waals surface area contributed by atoms with Gasteiger partial charge in [0.2, 0.25) is 0 Å². The number of nitrogens with zero attached hydrogens (tertiary/aromatic N) is 2. The molecule has 0 amide bonds. The molecule has 0 aliphatic heterocycles. The lowest BCUT2D eigenvalue weighted by atomic mass is 9.87. The van der Waals surface area contributed by atoms with Gasteiger partial charge in [-0.3, -0.25) is 4.90 Å². The lowest BCUT2D eigenvalue weighted by Crippen LogP contribution is -2.34. The van der Waals surface area contributed by atoms with E-state index in [1.807, 2.05) is 13.1 Å². The maximum atomic E-state index is 8.93. The van der Waals surface area contributed by atoms with Gasteiger partial charge in [-0.05, 0) is 38.3 Å². The first-order valence-electron chi connectivity index (χ1n) is 8.59. The van der Waals surface area contributed by atoms with Crippen molar-refractivity contribution in [3.8, 4) is 6.07 Å². The molecule has 0 spiro atoms. The Morgan fingerprint density at radius 3 is 2.42 bits per heavy atom. The Morgan fingerprint density at radius 1 is 1.12 bits per heavy atom. The van der Waals surface area contributed by atoms with Crippen LogP contribution in [0.25, 0.3) is 0 Å². The normalized spacial score (nSPS) is 13.6. The van der Waals surface area contributed by atoms with Crippen LogP contribution in [0.2, 0.25) is 0 Å². The fourth-order valence-electron chi connectivity index (χ4n) is 2.74. The highest BCUT2D eigenvalue weighted by Crippen LogP contribution is 2.27. The van der Waals surface area contributed by atoms with Crippen LogP contribution in [0.4, 0.5) is 0 Å². The van der Waals surface area contributed by atoms with Gasteiger partial charge in [-0.15, -0.1) is 0 Å². The van der Waals surface area contributed by atoms with Gasteiger partial charge in [0.25, 0.3) is 0 Å². The molecule has 1 aromatic rings. The van der Waals surface area contributed by atoms with Crippen molar-refractivity contribution in [1.82, 2.24) is 4.90 Å². The molecule has 24 heavy (non-hydrogen) atoms. The van der Waals surface area contributed by atoms with E-state index >= 15 is 0 Å². The Hall–Kier alpha value is -1.45. The molecule has 0 aliphatic rings. The van der Waals surface area contributed by atoms with Crippen LogP contribution in [0.15, 0.2) is 30.3 Å². The number of nitriles is 1. The number of ether oxygens (including phenoxy) is 2. The summed E-state index contributed by atoms with van der Waals surface area (Å²) in [7, 11) is 2.00. The van der Waals surface area contributed by atoms with Crippen LogP contribution in [0.1, 0.15) is 31.2 Å². The molecule has 1 rings (SSSR count). The zero-order valence-corrected chi connectivity index (χ0v) is 14.9. The van der Waals surface area contributed by atoms with E-state index in [1.54, 1.807) is 0 Å². The average Bonchev–Trinajstić information content (AvgIpc) is 2.61. The molecule has 5 nitrogen and oxygen atoms in total. The number of likely N-dealkylation sites (N-methyl/N-ethyl adjacent to an activating group) is 1. The Labute approximate surface area is 145 Å². The van der Waals surface area contributed by atoms with Crippen molar-refractivity contribution in [1.29, 1.82) is 5.26 Å². The number of aliphatic hydroxyl groups is 1. The predicted octanol–water partition coefficient (Wildman–Crippen LogP) is 2.42. The Kier molecular flexibility index (Phi) is 11.1. The summed E-state index contributed by atoms with van der Waals surface area (Å²) in [5.74, 6) is 0.374. The summed E-state index contributed by atoms with van der Waals surface area (Å²) in [5, 5.41) is 17.6. The summed E-state index contributed by atoms with van der Waals surface area (Å²) in [5.41, 5.74) is 1.31. The second kappa shape index (κ2) is 12.9. The van der Waals surface area contributed by atoms with Gasteiger partial charge in [0.05, 0.1) is 39.0 Å². The maximum Gasteiger partial charge on any atom is 0.0866 e. The van der Waals surface area contributed by atoms with E-state index in [1.165, 1.54) is 5.56 Å². The lowest BCUT2D eigenvalue weighted by molar-refractivity contribution is 0.0314. The topological polar surface area (TPSA) is 65.7 Å². The van der Waals surface area contributed by atoms with Crippen LogP contribution in [-0.2, 0) is 9.47 Å². The molecule has 0 saturated heterocycles. The van der Waals surface area contributed by atoms with Gasteiger partial charge in [-0.1, -0.05) is 30.3 Å². The highest BCUT2D eigenvalue weighted by Gasteiger charge is 2.22. The summed E-state index contributed by atoms with van der Waals surface area (Å²) >= 11 is 0. The van der Waals surface area contributed by atoms with Gasteiger partial charge in [0, 0.05) is 12.6 Å². The van der Waals surface area contributed by atoms with Crippen molar-refractivity contribution in [3.63, 3.8) is 0 Å². The van der Waals surface area contributed by atoms with Crippen molar-refractivity contribution in [2.24, 2.45) is 0 Å². The third-order valence-corrected chi connectivity index (χ3v) is 4.24. The molecule has 0 radical (unpaired) electrons. The molecule has 0 fully saturated rings. The third-order valence-electron chi connectivity index (χ3n) is 4.24. The van der Waals surface area contributed by atoms with E-state index in [9.17, 15) is 0 Å². The van der Waals surface area contributed by atoms with E-state index < -0.39 is 0 Å². The van der Waals surface area contributed by atoms with Crippen LogP contribution >= 0.6 is 0 Å². The van der Waals surface area contributed by atoms with Gasteiger partial charge < -0.3 is 14.6 Å².